The van der Waals surface area contributed by atoms with Crippen LogP contribution in [-0.2, 0) is 4.74 Å². The van der Waals surface area contributed by atoms with Gasteiger partial charge in [-0.2, -0.15) is 0 Å². The Balaban J connectivity index is 1.71. The van der Waals surface area contributed by atoms with Crippen molar-refractivity contribution in [3.63, 3.8) is 0 Å². The lowest BCUT2D eigenvalue weighted by Crippen LogP contribution is -2.40. The van der Waals surface area contributed by atoms with Crippen molar-refractivity contribution in [2.45, 2.75) is 45.8 Å². The number of rotatable bonds is 3. The molecule has 0 bridgehead atoms. The molecule has 126 valence electrons. The fraction of sp³-hybridized carbons (Fsp3) is 0.444. The quantitative estimate of drug-likeness (QED) is 0.937. The first-order chi connectivity index (χ1) is 11.5. The predicted molar refractivity (Wildman–Crippen MR) is 89.7 cm³/mol. The van der Waals surface area contributed by atoms with Gasteiger partial charge in [0.2, 0.25) is 0 Å². The molecule has 1 saturated heterocycles. The van der Waals surface area contributed by atoms with E-state index >= 15 is 0 Å². The van der Waals surface area contributed by atoms with Crippen LogP contribution in [0.15, 0.2) is 24.5 Å². The standard InChI is InChI=1S/C18H22N4O2/c1-11-17(12(2)21-13(3)20-11)18(23)22-15-6-8-24-16(9-15)14-5-4-7-19-10-14/h4-5,7,10,15-16H,6,8-9H2,1-3H3,(H,22,23)/t15-,16-/m1/s1. The van der Waals surface area contributed by atoms with Gasteiger partial charge in [-0.3, -0.25) is 9.78 Å². The highest BCUT2D eigenvalue weighted by molar-refractivity contribution is 5.96. The van der Waals surface area contributed by atoms with Crippen LogP contribution in [0.3, 0.4) is 0 Å². The van der Waals surface area contributed by atoms with Crippen molar-refractivity contribution in [1.82, 2.24) is 20.3 Å². The van der Waals surface area contributed by atoms with Crippen molar-refractivity contribution in [3.05, 3.63) is 52.9 Å². The maximum absolute atomic E-state index is 12.7. The number of ether oxygens (including phenoxy) is 1. The Hall–Kier alpha value is -2.34. The lowest BCUT2D eigenvalue weighted by molar-refractivity contribution is 0.000714. The zero-order chi connectivity index (χ0) is 17.1. The Kier molecular flexibility index (Phi) is 4.85. The smallest absolute Gasteiger partial charge is 0.255 e. The number of aryl methyl sites for hydroxylation is 3. The monoisotopic (exact) mass is 326 g/mol. The first kappa shape index (κ1) is 16.5. The van der Waals surface area contributed by atoms with Crippen LogP contribution in [0.2, 0.25) is 0 Å². The molecular weight excluding hydrogens is 304 g/mol. The van der Waals surface area contributed by atoms with Gasteiger partial charge in [-0.15, -0.1) is 0 Å². The van der Waals surface area contributed by atoms with Gasteiger partial charge < -0.3 is 10.1 Å². The highest BCUT2D eigenvalue weighted by Crippen LogP contribution is 2.27. The van der Waals surface area contributed by atoms with Crippen molar-refractivity contribution in [2.24, 2.45) is 0 Å². The molecule has 1 N–H and O–H groups in total. The molecule has 1 aliphatic heterocycles. The molecule has 0 aliphatic carbocycles. The molecule has 1 fully saturated rings. The normalized spacial score (nSPS) is 20.6. The molecule has 6 heteroatoms. The molecule has 0 aromatic carbocycles. The summed E-state index contributed by atoms with van der Waals surface area (Å²) in [5.41, 5.74) is 3.05. The molecule has 3 heterocycles. The van der Waals surface area contributed by atoms with Crippen LogP contribution < -0.4 is 5.32 Å². The minimum Gasteiger partial charge on any atom is -0.373 e. The van der Waals surface area contributed by atoms with E-state index in [0.29, 0.717) is 29.4 Å². The molecule has 0 spiro atoms. The average Bonchev–Trinajstić information content (AvgIpc) is 2.55. The van der Waals surface area contributed by atoms with E-state index in [0.717, 1.165) is 18.4 Å². The number of aromatic nitrogens is 3. The van der Waals surface area contributed by atoms with Crippen LogP contribution in [0.25, 0.3) is 0 Å². The minimum atomic E-state index is -0.109. The van der Waals surface area contributed by atoms with Crippen molar-refractivity contribution < 1.29 is 9.53 Å². The minimum absolute atomic E-state index is 0.0331. The highest BCUT2D eigenvalue weighted by atomic mass is 16.5. The number of nitrogens with one attached hydrogen (secondary N) is 1. The van der Waals surface area contributed by atoms with Crippen LogP contribution in [0.1, 0.15) is 52.1 Å². The SMILES string of the molecule is Cc1nc(C)c(C(=O)N[C@@H]2CCO[C@@H](c3cccnc3)C2)c(C)n1. The summed E-state index contributed by atoms with van der Waals surface area (Å²) < 4.78 is 5.83. The zero-order valence-corrected chi connectivity index (χ0v) is 14.2. The summed E-state index contributed by atoms with van der Waals surface area (Å²) >= 11 is 0. The second-order valence-corrected chi connectivity index (χ2v) is 6.16. The van der Waals surface area contributed by atoms with Crippen molar-refractivity contribution >= 4 is 5.91 Å². The molecule has 2 atom stereocenters. The van der Waals surface area contributed by atoms with Gasteiger partial charge in [0.25, 0.3) is 5.91 Å². The highest BCUT2D eigenvalue weighted by Gasteiger charge is 2.26. The van der Waals surface area contributed by atoms with Gasteiger partial charge in [-0.1, -0.05) is 6.07 Å². The van der Waals surface area contributed by atoms with E-state index in [1.54, 1.807) is 6.20 Å². The molecule has 1 aliphatic rings. The fourth-order valence-corrected chi connectivity index (χ4v) is 3.20. The third kappa shape index (κ3) is 3.59. The fourth-order valence-electron chi connectivity index (χ4n) is 3.20. The summed E-state index contributed by atoms with van der Waals surface area (Å²) in [6.07, 6.45) is 5.07. The summed E-state index contributed by atoms with van der Waals surface area (Å²) in [4.78, 5) is 25.4. The van der Waals surface area contributed by atoms with Gasteiger partial charge in [-0.05, 0) is 45.2 Å². The molecular formula is C18H22N4O2. The molecule has 0 unspecified atom stereocenters. The van der Waals surface area contributed by atoms with E-state index in [-0.39, 0.29) is 18.1 Å². The molecule has 2 aromatic heterocycles. The molecule has 6 nitrogen and oxygen atoms in total. The third-order valence-corrected chi connectivity index (χ3v) is 4.29. The lowest BCUT2D eigenvalue weighted by atomic mass is 9.98. The Morgan fingerprint density at radius 3 is 2.67 bits per heavy atom. The van der Waals surface area contributed by atoms with Crippen LogP contribution in [0.5, 0.6) is 0 Å². The first-order valence-electron chi connectivity index (χ1n) is 8.19. The molecule has 24 heavy (non-hydrogen) atoms. The lowest BCUT2D eigenvalue weighted by Gasteiger charge is -2.30. The molecule has 0 saturated carbocycles. The molecule has 0 radical (unpaired) electrons. The van der Waals surface area contributed by atoms with Gasteiger partial charge in [-0.25, -0.2) is 9.97 Å². The van der Waals surface area contributed by atoms with E-state index < -0.39 is 0 Å². The first-order valence-corrected chi connectivity index (χ1v) is 8.19. The van der Waals surface area contributed by atoms with Gasteiger partial charge >= 0.3 is 0 Å². The van der Waals surface area contributed by atoms with E-state index in [1.165, 1.54) is 0 Å². The van der Waals surface area contributed by atoms with Crippen LogP contribution in [0, 0.1) is 20.8 Å². The van der Waals surface area contributed by atoms with Gasteiger partial charge in [0.05, 0.1) is 23.1 Å². The topological polar surface area (TPSA) is 77.0 Å². The van der Waals surface area contributed by atoms with Gasteiger partial charge in [0.1, 0.15) is 5.82 Å². The number of carbonyl (C=O) groups excluding carboxylic acids is 1. The molecule has 2 aromatic rings. The van der Waals surface area contributed by atoms with Crippen molar-refractivity contribution in [3.8, 4) is 0 Å². The maximum Gasteiger partial charge on any atom is 0.255 e. The van der Waals surface area contributed by atoms with Crippen LogP contribution in [0.4, 0.5) is 0 Å². The van der Waals surface area contributed by atoms with Gasteiger partial charge in [0, 0.05) is 25.0 Å². The Bertz CT molecular complexity index is 710. The summed E-state index contributed by atoms with van der Waals surface area (Å²) in [6, 6.07) is 3.97. The average molecular weight is 326 g/mol. The van der Waals surface area contributed by atoms with Crippen molar-refractivity contribution in [2.75, 3.05) is 6.61 Å². The number of amides is 1. The second kappa shape index (κ2) is 7.05. The predicted octanol–water partition coefficient (Wildman–Crippen LogP) is 2.45. The summed E-state index contributed by atoms with van der Waals surface area (Å²) in [7, 11) is 0. The Labute approximate surface area is 141 Å². The third-order valence-electron chi connectivity index (χ3n) is 4.29. The molecule has 1 amide bonds. The Morgan fingerprint density at radius 2 is 2.00 bits per heavy atom. The number of hydrogen-bond donors (Lipinski definition) is 1. The number of hydrogen-bond acceptors (Lipinski definition) is 5. The number of pyridine rings is 1. The van der Waals surface area contributed by atoms with Gasteiger partial charge in [0.15, 0.2) is 0 Å². The van der Waals surface area contributed by atoms with E-state index in [9.17, 15) is 4.79 Å². The molecule has 3 rings (SSSR count). The summed E-state index contributed by atoms with van der Waals surface area (Å²) in [5, 5.41) is 3.12. The van der Waals surface area contributed by atoms with E-state index in [1.807, 2.05) is 39.1 Å². The van der Waals surface area contributed by atoms with E-state index in [2.05, 4.69) is 20.3 Å². The van der Waals surface area contributed by atoms with Crippen LogP contribution in [-0.4, -0.2) is 33.5 Å². The summed E-state index contributed by atoms with van der Waals surface area (Å²) in [6.45, 7) is 6.14. The van der Waals surface area contributed by atoms with Crippen LogP contribution >= 0.6 is 0 Å². The van der Waals surface area contributed by atoms with Crippen molar-refractivity contribution in [1.29, 1.82) is 0 Å². The number of nitrogens with zero attached hydrogens (tertiary/aromatic N) is 3. The zero-order valence-electron chi connectivity index (χ0n) is 14.2. The van der Waals surface area contributed by atoms with E-state index in [4.69, 9.17) is 4.74 Å². The Morgan fingerprint density at radius 1 is 1.25 bits per heavy atom. The maximum atomic E-state index is 12.7. The second-order valence-electron chi connectivity index (χ2n) is 6.16. The number of carbonyl (C=O) groups is 1. The largest absolute Gasteiger partial charge is 0.373 e. The summed E-state index contributed by atoms with van der Waals surface area (Å²) in [5.74, 6) is 0.575.